The van der Waals surface area contributed by atoms with Gasteiger partial charge in [0.25, 0.3) is 0 Å². The summed E-state index contributed by atoms with van der Waals surface area (Å²) in [5, 5.41) is -0.720. The monoisotopic (exact) mass is 724 g/mol. The first-order valence-corrected chi connectivity index (χ1v) is 16.3. The molecular weight excluding hydrogens is 680 g/mol. The van der Waals surface area contributed by atoms with Crippen molar-refractivity contribution in [1.82, 2.24) is 0 Å². The van der Waals surface area contributed by atoms with Crippen molar-refractivity contribution in [2.75, 3.05) is 26.1 Å². The van der Waals surface area contributed by atoms with Crippen molar-refractivity contribution in [3.63, 3.8) is 0 Å². The predicted molar refractivity (Wildman–Crippen MR) is 162 cm³/mol. The van der Waals surface area contributed by atoms with Crippen LogP contribution >= 0.6 is 11.8 Å². The van der Waals surface area contributed by atoms with Gasteiger partial charge in [0, 0.05) is 54.4 Å². The third-order valence-electron chi connectivity index (χ3n) is 6.80. The maximum atomic E-state index is 12.4. The zero-order valence-corrected chi connectivity index (χ0v) is 29.5. The largest absolute Gasteiger partial charge is 0.465 e. The molecule has 0 aromatic rings. The van der Waals surface area contributed by atoms with Gasteiger partial charge in [-0.05, 0) is 13.8 Å². The molecule has 2 fully saturated rings. The normalized spacial score (nSPS) is 30.1. The number of carbonyl (C=O) groups excluding carboxylic acids is 7. The molecule has 49 heavy (non-hydrogen) atoms. The topological polar surface area (TPSA) is 221 Å². The van der Waals surface area contributed by atoms with Crippen molar-refractivity contribution in [2.45, 2.75) is 122 Å². The molecule has 0 aliphatic carbocycles. The molecule has 11 atom stereocenters. The van der Waals surface area contributed by atoms with E-state index in [1.807, 2.05) is 0 Å². The number of hydrogen-bond donors (Lipinski definition) is 0. The van der Waals surface area contributed by atoms with E-state index < -0.39 is 115 Å². The quantitative estimate of drug-likeness (QED) is 0.164. The average Bonchev–Trinajstić information content (AvgIpc) is 2.98. The van der Waals surface area contributed by atoms with Gasteiger partial charge in [-0.15, -0.1) is 11.8 Å². The van der Waals surface area contributed by atoms with Gasteiger partial charge in [-0.1, -0.05) is 0 Å². The number of rotatable bonds is 15. The van der Waals surface area contributed by atoms with Crippen LogP contribution in [-0.2, 0) is 85.7 Å². The first kappa shape index (κ1) is 41.7. The summed E-state index contributed by atoms with van der Waals surface area (Å²) in [5.74, 6) is -5.48. The number of esters is 7. The second kappa shape index (κ2) is 19.6. The highest BCUT2D eigenvalue weighted by Gasteiger charge is 2.57. The Labute approximate surface area is 287 Å². The minimum absolute atomic E-state index is 0.0738. The molecule has 0 spiro atoms. The van der Waals surface area contributed by atoms with Crippen molar-refractivity contribution >= 4 is 53.5 Å². The van der Waals surface area contributed by atoms with E-state index in [0.717, 1.165) is 53.3 Å². The first-order chi connectivity index (χ1) is 23.0. The molecular formula is C30H44O18S. The van der Waals surface area contributed by atoms with Crippen LogP contribution in [0.4, 0.5) is 0 Å². The van der Waals surface area contributed by atoms with Crippen LogP contribution in [0.15, 0.2) is 0 Å². The molecule has 2 rings (SSSR count). The van der Waals surface area contributed by atoms with E-state index in [9.17, 15) is 33.6 Å². The standard InChI is InChI=1S/C30H44O18S/c1-10-39-28(37)13(2)49-12-21-23(41-15(4)32)25(43-17(6)34)27(45-19(8)36)30(47-21)48-22-20(11-40-14(3)31)46-29(38-9)26(44-18(7)35)24(22)42-16(5)33/h13,20-27,29-30H,10-12H2,1-9H3/t13?,20-,21-,22-,23+,24+,25+,26-,27-,29-,30+/m1/s1. The fourth-order valence-electron chi connectivity index (χ4n) is 5.03. The van der Waals surface area contributed by atoms with Crippen molar-refractivity contribution in [3.8, 4) is 0 Å². The van der Waals surface area contributed by atoms with Crippen molar-refractivity contribution in [3.05, 3.63) is 0 Å². The summed E-state index contributed by atoms with van der Waals surface area (Å²) in [5.41, 5.74) is 0. The van der Waals surface area contributed by atoms with Crippen molar-refractivity contribution in [2.24, 2.45) is 0 Å². The molecule has 2 aliphatic rings. The molecule has 0 saturated carbocycles. The molecule has 2 aliphatic heterocycles. The Morgan fingerprint density at radius 2 is 1.04 bits per heavy atom. The van der Waals surface area contributed by atoms with Crippen LogP contribution in [-0.4, -0.2) is 135 Å². The Kier molecular flexibility index (Phi) is 16.7. The summed E-state index contributed by atoms with van der Waals surface area (Å²) in [6, 6.07) is 0. The number of ether oxygens (including phenoxy) is 11. The lowest BCUT2D eigenvalue weighted by atomic mass is 9.96. The Bertz CT molecular complexity index is 1190. The van der Waals surface area contributed by atoms with Gasteiger partial charge >= 0.3 is 41.8 Å². The number of carbonyl (C=O) groups is 7. The van der Waals surface area contributed by atoms with Gasteiger partial charge in [0.15, 0.2) is 43.1 Å². The van der Waals surface area contributed by atoms with Gasteiger partial charge in [0.1, 0.15) is 24.9 Å². The van der Waals surface area contributed by atoms with E-state index in [1.165, 1.54) is 7.11 Å². The van der Waals surface area contributed by atoms with Crippen LogP contribution in [0, 0.1) is 0 Å². The molecule has 18 nitrogen and oxygen atoms in total. The first-order valence-electron chi connectivity index (χ1n) is 15.3. The molecule has 278 valence electrons. The van der Waals surface area contributed by atoms with Crippen LogP contribution < -0.4 is 0 Å². The zero-order valence-electron chi connectivity index (χ0n) is 28.7. The van der Waals surface area contributed by atoms with E-state index in [1.54, 1.807) is 13.8 Å². The zero-order chi connectivity index (χ0) is 37.0. The van der Waals surface area contributed by atoms with Crippen LogP contribution in [0.2, 0.25) is 0 Å². The highest BCUT2D eigenvalue weighted by atomic mass is 32.2. The fourth-order valence-corrected chi connectivity index (χ4v) is 5.98. The van der Waals surface area contributed by atoms with E-state index in [4.69, 9.17) is 52.1 Å². The number of hydrogen-bond acceptors (Lipinski definition) is 19. The van der Waals surface area contributed by atoms with Gasteiger partial charge in [-0.25, -0.2) is 0 Å². The lowest BCUT2D eigenvalue weighted by Gasteiger charge is -2.48. The summed E-state index contributed by atoms with van der Waals surface area (Å²) in [6.45, 7) is 9.41. The molecule has 0 N–H and O–H groups in total. The molecule has 0 aromatic heterocycles. The minimum atomic E-state index is -1.70. The molecule has 0 amide bonds. The third kappa shape index (κ3) is 12.7. The van der Waals surface area contributed by atoms with Gasteiger partial charge in [0.05, 0.1) is 11.9 Å². The molecule has 1 unspecified atom stereocenters. The van der Waals surface area contributed by atoms with E-state index in [-0.39, 0.29) is 12.4 Å². The predicted octanol–water partition coefficient (Wildman–Crippen LogP) is 0.374. The minimum Gasteiger partial charge on any atom is -0.465 e. The summed E-state index contributed by atoms with van der Waals surface area (Å²) >= 11 is 1.06. The molecule has 2 heterocycles. The van der Waals surface area contributed by atoms with Crippen molar-refractivity contribution in [1.29, 1.82) is 0 Å². The Hall–Kier alpha value is -3.52. The van der Waals surface area contributed by atoms with Crippen LogP contribution in [0.5, 0.6) is 0 Å². The second-order valence-corrected chi connectivity index (χ2v) is 12.2. The lowest BCUT2D eigenvalue weighted by Crippen LogP contribution is -2.67. The van der Waals surface area contributed by atoms with Crippen molar-refractivity contribution < 1.29 is 85.7 Å². The fraction of sp³-hybridized carbons (Fsp3) is 0.767. The molecule has 0 radical (unpaired) electrons. The average molecular weight is 725 g/mol. The highest BCUT2D eigenvalue weighted by Crippen LogP contribution is 2.36. The summed E-state index contributed by atoms with van der Waals surface area (Å²) in [4.78, 5) is 85.6. The Morgan fingerprint density at radius 3 is 1.51 bits per heavy atom. The Morgan fingerprint density at radius 1 is 0.592 bits per heavy atom. The summed E-state index contributed by atoms with van der Waals surface area (Å²) < 4.78 is 61.6. The van der Waals surface area contributed by atoms with Crippen LogP contribution in [0.25, 0.3) is 0 Å². The highest BCUT2D eigenvalue weighted by molar-refractivity contribution is 8.00. The Balaban J connectivity index is 2.69. The third-order valence-corrected chi connectivity index (χ3v) is 8.01. The lowest BCUT2D eigenvalue weighted by molar-refractivity contribution is -0.355. The van der Waals surface area contributed by atoms with Gasteiger partial charge in [0.2, 0.25) is 0 Å². The SMILES string of the molecule is CCOC(=O)C(C)SC[C@H]1O[C@@H](O[C@H]2[C@H](OC(C)=O)[C@@H](OC(C)=O)[C@H](OC)O[C@@H]2COC(C)=O)[C@H](OC(C)=O)[C@@H](OC(C)=O)[C@H]1OC(C)=O. The van der Waals surface area contributed by atoms with E-state index >= 15 is 0 Å². The van der Waals surface area contributed by atoms with E-state index in [0.29, 0.717) is 0 Å². The summed E-state index contributed by atoms with van der Waals surface area (Å²) in [7, 11) is 1.23. The smallest absolute Gasteiger partial charge is 0.318 e. The van der Waals surface area contributed by atoms with E-state index in [2.05, 4.69) is 0 Å². The molecule has 0 bridgehead atoms. The number of methoxy groups -OCH3 is 1. The van der Waals surface area contributed by atoms with Gasteiger partial charge < -0.3 is 52.1 Å². The molecule has 2 saturated heterocycles. The molecule has 0 aromatic carbocycles. The van der Waals surface area contributed by atoms with Gasteiger partial charge in [-0.3, -0.25) is 33.6 Å². The summed E-state index contributed by atoms with van der Waals surface area (Å²) in [6.07, 6.45) is -14.5. The number of thioether (sulfide) groups is 1. The maximum absolute atomic E-state index is 12.4. The van der Waals surface area contributed by atoms with Gasteiger partial charge in [-0.2, -0.15) is 0 Å². The molecule has 19 heteroatoms. The van der Waals surface area contributed by atoms with Crippen LogP contribution in [0.3, 0.4) is 0 Å². The second-order valence-electron chi connectivity index (χ2n) is 10.8. The van der Waals surface area contributed by atoms with Crippen LogP contribution in [0.1, 0.15) is 55.4 Å². The maximum Gasteiger partial charge on any atom is 0.318 e.